The van der Waals surface area contributed by atoms with Crippen molar-refractivity contribution in [2.24, 2.45) is 5.11 Å². The van der Waals surface area contributed by atoms with Crippen LogP contribution in [0.15, 0.2) is 5.11 Å². The van der Waals surface area contributed by atoms with Crippen LogP contribution in [-0.4, -0.2) is 36.2 Å². The summed E-state index contributed by atoms with van der Waals surface area (Å²) in [7, 11) is 0. The first kappa shape index (κ1) is 8.03. The van der Waals surface area contributed by atoms with Crippen LogP contribution in [0.1, 0.15) is 0 Å². The Hall–Kier alpha value is -0.970. The van der Waals surface area contributed by atoms with Crippen LogP contribution in [0.5, 0.6) is 0 Å². The highest BCUT2D eigenvalue weighted by Crippen LogP contribution is 1.80. The highest BCUT2D eigenvalue weighted by Gasteiger charge is 1.95. The van der Waals surface area contributed by atoms with Gasteiger partial charge < -0.3 is 10.0 Å². The zero-order valence-corrected chi connectivity index (χ0v) is 4.95. The summed E-state index contributed by atoms with van der Waals surface area (Å²) >= 11 is 0. The van der Waals surface area contributed by atoms with E-state index in [2.05, 4.69) is 5.11 Å². The van der Waals surface area contributed by atoms with E-state index in [-0.39, 0.29) is 19.8 Å². The van der Waals surface area contributed by atoms with Gasteiger partial charge in [-0.05, 0) is 0 Å². The van der Waals surface area contributed by atoms with E-state index in [0.29, 0.717) is 6.41 Å². The third-order valence-electron chi connectivity index (χ3n) is 0.789. The Bertz CT molecular complexity index is 95.8. The molecule has 0 aliphatic rings. The highest BCUT2D eigenvalue weighted by atomic mass is 16.3. The molecule has 0 bridgehead atoms. The number of hydrogen-bond donors (Lipinski definition) is 2. The zero-order valence-electron chi connectivity index (χ0n) is 4.95. The van der Waals surface area contributed by atoms with Crippen LogP contribution in [-0.2, 0) is 4.79 Å². The minimum atomic E-state index is -0.0890. The molecule has 0 radical (unpaired) electrons. The van der Waals surface area contributed by atoms with Gasteiger partial charge in [-0.15, -0.1) is 0 Å². The minimum absolute atomic E-state index is 0.0318. The van der Waals surface area contributed by atoms with Crippen LogP contribution in [0.3, 0.4) is 0 Å². The van der Waals surface area contributed by atoms with Gasteiger partial charge in [0.15, 0.2) is 0 Å². The van der Waals surface area contributed by atoms with Crippen molar-refractivity contribution in [1.82, 2.24) is 4.90 Å². The second-order valence-corrected chi connectivity index (χ2v) is 1.44. The number of rotatable bonds is 5. The topological polar surface area (TPSA) is 76.8 Å². The van der Waals surface area contributed by atoms with Crippen molar-refractivity contribution in [3.05, 3.63) is 0 Å². The highest BCUT2D eigenvalue weighted by molar-refractivity contribution is 5.46. The molecular weight excluding hydrogens is 122 g/mol. The third-order valence-corrected chi connectivity index (χ3v) is 0.789. The second kappa shape index (κ2) is 5.17. The number of amides is 1. The number of aliphatic hydroxyl groups is 1. The van der Waals surface area contributed by atoms with Crippen molar-refractivity contribution in [3.8, 4) is 0 Å². The zero-order chi connectivity index (χ0) is 7.11. The Morgan fingerprint density at radius 1 is 1.78 bits per heavy atom. The maximum Gasteiger partial charge on any atom is 0.211 e. The Morgan fingerprint density at radius 2 is 2.44 bits per heavy atom. The summed E-state index contributed by atoms with van der Waals surface area (Å²) in [6.07, 6.45) is 0.550. The number of nitrogens with one attached hydrogen (secondary N) is 1. The number of carbonyl (C=O) groups excluding carboxylic acids is 1. The first-order valence-electron chi connectivity index (χ1n) is 2.48. The predicted octanol–water partition coefficient (Wildman–Crippen LogP) is -0.574. The summed E-state index contributed by atoms with van der Waals surface area (Å²) in [5, 5.41) is 11.2. The maximum absolute atomic E-state index is 9.96. The van der Waals surface area contributed by atoms with Gasteiger partial charge >= 0.3 is 0 Å². The Kier molecular flexibility index (Phi) is 4.61. The molecule has 0 aromatic carbocycles. The molecule has 0 heterocycles. The van der Waals surface area contributed by atoms with Gasteiger partial charge in [-0.25, -0.2) is 5.53 Å². The van der Waals surface area contributed by atoms with Crippen LogP contribution < -0.4 is 0 Å². The van der Waals surface area contributed by atoms with Crippen LogP contribution >= 0.6 is 0 Å². The van der Waals surface area contributed by atoms with E-state index in [9.17, 15) is 4.79 Å². The maximum atomic E-state index is 9.96. The lowest BCUT2D eigenvalue weighted by atomic mass is 10.6. The van der Waals surface area contributed by atoms with Crippen LogP contribution in [0, 0.1) is 5.53 Å². The van der Waals surface area contributed by atoms with Crippen LogP contribution in [0.25, 0.3) is 0 Å². The molecule has 0 spiro atoms. The fraction of sp³-hybridized carbons (Fsp3) is 0.750. The van der Waals surface area contributed by atoms with E-state index in [1.54, 1.807) is 0 Å². The van der Waals surface area contributed by atoms with E-state index >= 15 is 0 Å². The summed E-state index contributed by atoms with van der Waals surface area (Å²) in [4.78, 5) is 11.2. The van der Waals surface area contributed by atoms with Gasteiger partial charge in [0.2, 0.25) is 6.41 Å². The minimum Gasteiger partial charge on any atom is -0.395 e. The molecule has 0 saturated carbocycles. The van der Waals surface area contributed by atoms with Gasteiger partial charge in [-0.2, -0.15) is 5.11 Å². The molecule has 5 nitrogen and oxygen atoms in total. The van der Waals surface area contributed by atoms with Gasteiger partial charge in [0, 0.05) is 6.54 Å². The first-order chi connectivity index (χ1) is 4.35. The SMILES string of the molecule is N=NCN(C=O)CCO. The monoisotopic (exact) mass is 131 g/mol. The van der Waals surface area contributed by atoms with E-state index < -0.39 is 0 Å². The molecule has 0 unspecified atom stereocenters. The largest absolute Gasteiger partial charge is 0.395 e. The molecule has 52 valence electrons. The lowest BCUT2D eigenvalue weighted by Gasteiger charge is -2.09. The normalized spacial score (nSPS) is 8.56. The molecule has 2 N–H and O–H groups in total. The Labute approximate surface area is 52.8 Å². The smallest absolute Gasteiger partial charge is 0.211 e. The Morgan fingerprint density at radius 3 is 2.78 bits per heavy atom. The van der Waals surface area contributed by atoms with Crippen molar-refractivity contribution in [2.45, 2.75) is 0 Å². The van der Waals surface area contributed by atoms with Crippen molar-refractivity contribution in [3.63, 3.8) is 0 Å². The number of hydrogen-bond acceptors (Lipinski definition) is 4. The van der Waals surface area contributed by atoms with Gasteiger partial charge in [0.05, 0.1) is 6.61 Å². The number of aliphatic hydroxyl groups excluding tert-OH is 1. The lowest BCUT2D eigenvalue weighted by Crippen LogP contribution is -2.24. The van der Waals surface area contributed by atoms with Crippen molar-refractivity contribution >= 4 is 6.41 Å². The summed E-state index contributed by atoms with van der Waals surface area (Å²) < 4.78 is 0. The fourth-order valence-corrected chi connectivity index (χ4v) is 0.376. The third kappa shape index (κ3) is 3.60. The van der Waals surface area contributed by atoms with E-state index in [4.69, 9.17) is 10.6 Å². The van der Waals surface area contributed by atoms with E-state index in [1.807, 2.05) is 0 Å². The van der Waals surface area contributed by atoms with Crippen molar-refractivity contribution < 1.29 is 9.90 Å². The molecule has 9 heavy (non-hydrogen) atoms. The molecular formula is C4H9N3O2. The van der Waals surface area contributed by atoms with Crippen LogP contribution in [0.2, 0.25) is 0 Å². The summed E-state index contributed by atoms with van der Waals surface area (Å²) in [5.74, 6) is 0. The van der Waals surface area contributed by atoms with Crippen LogP contribution in [0.4, 0.5) is 0 Å². The molecule has 0 rings (SSSR count). The quantitative estimate of drug-likeness (QED) is 0.387. The van der Waals surface area contributed by atoms with E-state index in [0.717, 1.165) is 0 Å². The molecule has 0 atom stereocenters. The van der Waals surface area contributed by atoms with Crippen molar-refractivity contribution in [1.29, 1.82) is 5.53 Å². The first-order valence-corrected chi connectivity index (χ1v) is 2.48. The molecule has 0 aliphatic heterocycles. The molecule has 0 aliphatic carbocycles. The average Bonchev–Trinajstić information content (AvgIpc) is 1.88. The summed E-state index contributed by atoms with van der Waals surface area (Å²) in [6, 6.07) is 0. The summed E-state index contributed by atoms with van der Waals surface area (Å²) in [5.41, 5.74) is 6.36. The van der Waals surface area contributed by atoms with Gasteiger partial charge in [0.1, 0.15) is 6.67 Å². The predicted molar refractivity (Wildman–Crippen MR) is 29.9 cm³/mol. The second-order valence-electron chi connectivity index (χ2n) is 1.44. The standard InChI is InChI=1S/C4H9N3O2/c5-6-3-7(4-9)1-2-8/h4-5,8H,1-3H2. The average molecular weight is 131 g/mol. The molecule has 1 amide bonds. The fourth-order valence-electron chi connectivity index (χ4n) is 0.376. The van der Waals surface area contributed by atoms with E-state index in [1.165, 1.54) is 4.90 Å². The molecule has 0 aromatic rings. The van der Waals surface area contributed by atoms with Crippen molar-refractivity contribution in [2.75, 3.05) is 19.8 Å². The number of carbonyl (C=O) groups is 1. The summed E-state index contributed by atoms with van der Waals surface area (Å²) in [6.45, 7) is 0.185. The molecule has 5 heteroatoms. The lowest BCUT2D eigenvalue weighted by molar-refractivity contribution is -0.118. The van der Waals surface area contributed by atoms with Gasteiger partial charge in [-0.3, -0.25) is 4.79 Å². The molecule has 0 saturated heterocycles. The Balaban J connectivity index is 3.40. The van der Waals surface area contributed by atoms with Gasteiger partial charge in [0.25, 0.3) is 0 Å². The van der Waals surface area contributed by atoms with Gasteiger partial charge in [-0.1, -0.05) is 0 Å². The number of nitrogens with zero attached hydrogens (tertiary/aromatic N) is 2. The molecule has 0 aromatic heterocycles. The molecule has 0 fully saturated rings.